The molecule has 2 aromatic heterocycles. The molecule has 5 nitrogen and oxygen atoms in total. The molecule has 2 heterocycles. The Bertz CT molecular complexity index is 1070. The van der Waals surface area contributed by atoms with Crippen LogP contribution in [-0.4, -0.2) is 20.2 Å². The van der Waals surface area contributed by atoms with Gasteiger partial charge in [0.25, 0.3) is 0 Å². The van der Waals surface area contributed by atoms with Crippen molar-refractivity contribution in [2.75, 3.05) is 5.73 Å². The maximum absolute atomic E-state index is 11.7. The van der Waals surface area contributed by atoms with Gasteiger partial charge in [0.15, 0.2) is 5.78 Å². The van der Waals surface area contributed by atoms with Gasteiger partial charge in [0, 0.05) is 28.9 Å². The minimum Gasteiger partial charge on any atom is -0.382 e. The molecule has 0 amide bonds. The summed E-state index contributed by atoms with van der Waals surface area (Å²) in [5, 5.41) is 0. The highest BCUT2D eigenvalue weighted by Gasteiger charge is 2.25. The maximum atomic E-state index is 11.7. The standard InChI is InChI=1S/C27H38N4O/c1-7-18(5)15-22(10-9-17(3)4)27-30-24(21-13-11-20(12-14-21)19(6)32)25-26(28)29-16-23(8-2)31(25)27/h11-14,16-18,22H,7-10,15H2,1-6H3,(H2,28,29). The van der Waals surface area contributed by atoms with Crippen LogP contribution in [0.1, 0.15) is 95.0 Å². The number of aryl methyl sites for hydroxylation is 1. The van der Waals surface area contributed by atoms with Gasteiger partial charge in [0.05, 0.1) is 0 Å². The number of hydrogen-bond acceptors (Lipinski definition) is 4. The van der Waals surface area contributed by atoms with E-state index in [4.69, 9.17) is 10.7 Å². The summed E-state index contributed by atoms with van der Waals surface area (Å²) in [5.74, 6) is 3.29. The van der Waals surface area contributed by atoms with Crippen molar-refractivity contribution >= 4 is 17.1 Å². The highest BCUT2D eigenvalue weighted by Crippen LogP contribution is 2.36. The molecule has 3 rings (SSSR count). The number of hydrogen-bond donors (Lipinski definition) is 1. The van der Waals surface area contributed by atoms with Crippen molar-refractivity contribution in [2.45, 2.75) is 79.6 Å². The van der Waals surface area contributed by atoms with Crippen LogP contribution in [0.5, 0.6) is 0 Å². The van der Waals surface area contributed by atoms with Crippen LogP contribution in [0.2, 0.25) is 0 Å². The second-order valence-corrected chi connectivity index (χ2v) is 9.54. The largest absolute Gasteiger partial charge is 0.382 e. The Morgan fingerprint density at radius 3 is 2.34 bits per heavy atom. The molecule has 2 atom stereocenters. The lowest BCUT2D eigenvalue weighted by Crippen LogP contribution is -2.12. The highest BCUT2D eigenvalue weighted by atomic mass is 16.1. The number of carbonyl (C=O) groups is 1. The van der Waals surface area contributed by atoms with E-state index in [1.165, 1.54) is 6.42 Å². The van der Waals surface area contributed by atoms with Gasteiger partial charge < -0.3 is 5.73 Å². The van der Waals surface area contributed by atoms with E-state index in [0.29, 0.717) is 29.1 Å². The van der Waals surface area contributed by atoms with Gasteiger partial charge in [-0.1, -0.05) is 71.7 Å². The summed E-state index contributed by atoms with van der Waals surface area (Å²) >= 11 is 0. The normalized spacial score (nSPS) is 13.6. The van der Waals surface area contributed by atoms with Gasteiger partial charge >= 0.3 is 0 Å². The molecule has 0 aliphatic rings. The van der Waals surface area contributed by atoms with Gasteiger partial charge in [0.1, 0.15) is 22.9 Å². The summed E-state index contributed by atoms with van der Waals surface area (Å²) in [4.78, 5) is 21.5. The molecule has 2 unspecified atom stereocenters. The van der Waals surface area contributed by atoms with E-state index < -0.39 is 0 Å². The third-order valence-electron chi connectivity index (χ3n) is 6.55. The van der Waals surface area contributed by atoms with Gasteiger partial charge in [-0.15, -0.1) is 0 Å². The van der Waals surface area contributed by atoms with Crippen LogP contribution in [0.25, 0.3) is 16.8 Å². The Hall–Kier alpha value is -2.69. The molecule has 0 saturated heterocycles. The molecular weight excluding hydrogens is 396 g/mol. The first kappa shape index (κ1) is 24.0. The molecule has 3 aromatic rings. The zero-order valence-electron chi connectivity index (χ0n) is 20.5. The van der Waals surface area contributed by atoms with Crippen LogP contribution in [0.4, 0.5) is 5.82 Å². The second kappa shape index (κ2) is 10.3. The molecule has 32 heavy (non-hydrogen) atoms. The summed E-state index contributed by atoms with van der Waals surface area (Å²) in [6.07, 6.45) is 7.28. The molecule has 0 aliphatic carbocycles. The number of fused-ring (bicyclic) bond motifs is 1. The predicted octanol–water partition coefficient (Wildman–Crippen LogP) is 6.70. The molecule has 172 valence electrons. The number of nitrogens with two attached hydrogens (primary N) is 1. The lowest BCUT2D eigenvalue weighted by atomic mass is 9.88. The third kappa shape index (κ3) is 5.03. The molecule has 0 aliphatic heterocycles. The zero-order chi connectivity index (χ0) is 23.4. The minimum atomic E-state index is 0.0590. The molecule has 0 bridgehead atoms. The first-order valence-corrected chi connectivity index (χ1v) is 12.0. The molecule has 1 aromatic carbocycles. The second-order valence-electron chi connectivity index (χ2n) is 9.54. The Kier molecular flexibility index (Phi) is 7.70. The average molecular weight is 435 g/mol. The Morgan fingerprint density at radius 2 is 1.78 bits per heavy atom. The third-order valence-corrected chi connectivity index (χ3v) is 6.55. The minimum absolute atomic E-state index is 0.0590. The van der Waals surface area contributed by atoms with E-state index >= 15 is 0 Å². The molecule has 0 radical (unpaired) electrons. The predicted molar refractivity (Wildman–Crippen MR) is 133 cm³/mol. The number of ketones is 1. The van der Waals surface area contributed by atoms with E-state index in [0.717, 1.165) is 54.0 Å². The SMILES string of the molecule is CCc1cnc(N)c2c(-c3ccc(C(C)=O)cc3)nc(C(CCC(C)C)CC(C)CC)n12. The average Bonchev–Trinajstić information content (AvgIpc) is 3.18. The Balaban J connectivity index is 2.22. The zero-order valence-corrected chi connectivity index (χ0v) is 20.5. The summed E-state index contributed by atoms with van der Waals surface area (Å²) in [7, 11) is 0. The summed E-state index contributed by atoms with van der Waals surface area (Å²) in [6.45, 7) is 12.9. The number of Topliss-reactive ketones (excluding diaryl/α,β-unsaturated/α-hetero) is 1. The van der Waals surface area contributed by atoms with Crippen LogP contribution >= 0.6 is 0 Å². The fourth-order valence-electron chi connectivity index (χ4n) is 4.35. The monoisotopic (exact) mass is 434 g/mol. The highest BCUT2D eigenvalue weighted by molar-refractivity contribution is 5.95. The van der Waals surface area contributed by atoms with Crippen molar-refractivity contribution in [2.24, 2.45) is 11.8 Å². The number of anilines is 1. The van der Waals surface area contributed by atoms with Crippen molar-refractivity contribution in [1.82, 2.24) is 14.4 Å². The number of benzene rings is 1. The fraction of sp³-hybridized carbons (Fsp3) is 0.519. The van der Waals surface area contributed by atoms with E-state index in [9.17, 15) is 4.79 Å². The quantitative estimate of drug-likeness (QED) is 0.360. The van der Waals surface area contributed by atoms with E-state index in [1.807, 2.05) is 30.5 Å². The molecule has 0 saturated carbocycles. The fourth-order valence-corrected chi connectivity index (χ4v) is 4.35. The summed E-state index contributed by atoms with van der Waals surface area (Å²) in [6, 6.07) is 7.67. The van der Waals surface area contributed by atoms with Crippen molar-refractivity contribution < 1.29 is 4.79 Å². The van der Waals surface area contributed by atoms with Crippen LogP contribution in [0.3, 0.4) is 0 Å². The van der Waals surface area contributed by atoms with Crippen LogP contribution in [0, 0.1) is 11.8 Å². The van der Waals surface area contributed by atoms with Crippen molar-refractivity contribution in [1.29, 1.82) is 0 Å². The van der Waals surface area contributed by atoms with Crippen LogP contribution < -0.4 is 5.73 Å². The van der Waals surface area contributed by atoms with Gasteiger partial charge in [-0.25, -0.2) is 9.97 Å². The number of rotatable bonds is 10. The lowest BCUT2D eigenvalue weighted by Gasteiger charge is -2.21. The number of nitrogen functional groups attached to an aromatic ring is 1. The van der Waals surface area contributed by atoms with E-state index in [-0.39, 0.29) is 5.78 Å². The van der Waals surface area contributed by atoms with Gasteiger partial charge in [-0.2, -0.15) is 0 Å². The maximum Gasteiger partial charge on any atom is 0.159 e. The van der Waals surface area contributed by atoms with Gasteiger partial charge in [-0.05, 0) is 38.0 Å². The molecular formula is C27H38N4O. The lowest BCUT2D eigenvalue weighted by molar-refractivity contribution is 0.101. The Morgan fingerprint density at radius 1 is 1.09 bits per heavy atom. The number of nitrogens with zero attached hydrogens (tertiary/aromatic N) is 3. The van der Waals surface area contributed by atoms with E-state index in [2.05, 4.69) is 44.0 Å². The molecule has 0 fully saturated rings. The Labute approximate surface area is 192 Å². The van der Waals surface area contributed by atoms with Crippen LogP contribution in [-0.2, 0) is 6.42 Å². The molecule has 0 spiro atoms. The molecule has 2 N–H and O–H groups in total. The number of imidazole rings is 1. The van der Waals surface area contributed by atoms with Crippen LogP contribution in [0.15, 0.2) is 30.5 Å². The van der Waals surface area contributed by atoms with E-state index in [1.54, 1.807) is 6.92 Å². The smallest absolute Gasteiger partial charge is 0.159 e. The van der Waals surface area contributed by atoms with Crippen molar-refractivity contribution in [3.05, 3.63) is 47.5 Å². The number of aromatic nitrogens is 3. The van der Waals surface area contributed by atoms with Gasteiger partial charge in [0.2, 0.25) is 0 Å². The topological polar surface area (TPSA) is 73.3 Å². The molecule has 5 heteroatoms. The van der Waals surface area contributed by atoms with Crippen molar-refractivity contribution in [3.8, 4) is 11.3 Å². The number of carbonyl (C=O) groups excluding carboxylic acids is 1. The first-order chi connectivity index (χ1) is 15.3. The van der Waals surface area contributed by atoms with Crippen molar-refractivity contribution in [3.63, 3.8) is 0 Å². The summed E-state index contributed by atoms with van der Waals surface area (Å²) < 4.78 is 2.27. The summed E-state index contributed by atoms with van der Waals surface area (Å²) in [5.41, 5.74) is 11.0. The van der Waals surface area contributed by atoms with Gasteiger partial charge in [-0.3, -0.25) is 9.20 Å². The first-order valence-electron chi connectivity index (χ1n) is 12.0.